The molecule has 6 rings (SSSR count). The van der Waals surface area contributed by atoms with E-state index in [1.807, 2.05) is 19.1 Å². The molecular formula is C30H24O6. The molecule has 4 aromatic carbocycles. The summed E-state index contributed by atoms with van der Waals surface area (Å²) < 4.78 is 0. The van der Waals surface area contributed by atoms with Gasteiger partial charge in [-0.2, -0.15) is 0 Å². The summed E-state index contributed by atoms with van der Waals surface area (Å²) in [6, 6.07) is 16.7. The maximum Gasteiger partial charge on any atom is 0.201 e. The maximum atomic E-state index is 13.3. The molecule has 1 unspecified atom stereocenters. The van der Waals surface area contributed by atoms with Crippen LogP contribution in [0.4, 0.5) is 0 Å². The zero-order valence-corrected chi connectivity index (χ0v) is 19.6. The van der Waals surface area contributed by atoms with Crippen molar-refractivity contribution < 1.29 is 30.0 Å². The van der Waals surface area contributed by atoms with Crippen molar-refractivity contribution in [2.45, 2.75) is 37.7 Å². The monoisotopic (exact) mass is 480 g/mol. The molecule has 0 spiro atoms. The lowest BCUT2D eigenvalue weighted by atomic mass is 9.73. The third-order valence-corrected chi connectivity index (χ3v) is 7.75. The molecule has 180 valence electrons. The van der Waals surface area contributed by atoms with Crippen molar-refractivity contribution in [1.29, 1.82) is 0 Å². The molecule has 2 aliphatic carbocycles. The van der Waals surface area contributed by atoms with Gasteiger partial charge in [0.1, 0.15) is 17.2 Å². The van der Waals surface area contributed by atoms with Crippen molar-refractivity contribution >= 4 is 22.3 Å². The second-order valence-corrected chi connectivity index (χ2v) is 9.83. The molecule has 2 aliphatic rings. The minimum absolute atomic E-state index is 0.0342. The van der Waals surface area contributed by atoms with E-state index in [1.54, 1.807) is 36.4 Å². The van der Waals surface area contributed by atoms with E-state index in [-0.39, 0.29) is 40.6 Å². The van der Waals surface area contributed by atoms with Crippen LogP contribution in [0, 0.1) is 0 Å². The quantitative estimate of drug-likeness (QED) is 0.284. The fourth-order valence-corrected chi connectivity index (χ4v) is 5.84. The summed E-state index contributed by atoms with van der Waals surface area (Å²) in [5.41, 5.74) is 1.90. The smallest absolute Gasteiger partial charge is 0.201 e. The number of carbonyl (C=O) groups excluding carboxylic acids is 2. The van der Waals surface area contributed by atoms with E-state index in [9.17, 15) is 30.0 Å². The summed E-state index contributed by atoms with van der Waals surface area (Å²) in [6.07, 6.45) is 0.874. The molecule has 0 saturated heterocycles. The van der Waals surface area contributed by atoms with E-state index in [0.29, 0.717) is 40.5 Å². The van der Waals surface area contributed by atoms with Crippen LogP contribution in [0.5, 0.6) is 17.2 Å². The van der Waals surface area contributed by atoms with Gasteiger partial charge in [0.15, 0.2) is 5.78 Å². The molecule has 1 atom stereocenters. The van der Waals surface area contributed by atoms with Crippen LogP contribution in [0.25, 0.3) is 10.8 Å². The Balaban J connectivity index is 1.60. The summed E-state index contributed by atoms with van der Waals surface area (Å²) >= 11 is 0. The Labute approximate surface area is 207 Å². The molecular weight excluding hydrogens is 456 g/mol. The fourth-order valence-electron chi connectivity index (χ4n) is 5.84. The van der Waals surface area contributed by atoms with Crippen LogP contribution in [0.3, 0.4) is 0 Å². The van der Waals surface area contributed by atoms with Crippen molar-refractivity contribution in [3.8, 4) is 17.2 Å². The minimum atomic E-state index is -1.06. The summed E-state index contributed by atoms with van der Waals surface area (Å²) in [5, 5.41) is 44.6. The number of rotatable bonds is 2. The van der Waals surface area contributed by atoms with Crippen LogP contribution in [0.1, 0.15) is 74.2 Å². The second-order valence-electron chi connectivity index (χ2n) is 9.83. The van der Waals surface area contributed by atoms with E-state index in [1.165, 1.54) is 12.1 Å². The number of phenolic OH excluding ortho intramolecular Hbond substituents is 3. The molecule has 0 bridgehead atoms. The molecule has 0 radical (unpaired) electrons. The minimum Gasteiger partial charge on any atom is -0.507 e. The Kier molecular flexibility index (Phi) is 4.75. The van der Waals surface area contributed by atoms with Crippen molar-refractivity contribution in [2.24, 2.45) is 0 Å². The third-order valence-electron chi connectivity index (χ3n) is 7.75. The van der Waals surface area contributed by atoms with Gasteiger partial charge in [-0.25, -0.2) is 0 Å². The first-order valence-corrected chi connectivity index (χ1v) is 11.9. The van der Waals surface area contributed by atoms with Gasteiger partial charge in [0.2, 0.25) is 5.78 Å². The predicted molar refractivity (Wildman–Crippen MR) is 134 cm³/mol. The highest BCUT2D eigenvalue weighted by molar-refractivity contribution is 6.16. The van der Waals surface area contributed by atoms with Gasteiger partial charge in [0.05, 0.1) is 16.7 Å². The lowest BCUT2D eigenvalue weighted by Crippen LogP contribution is -2.38. The molecule has 6 heteroatoms. The Morgan fingerprint density at radius 3 is 2.08 bits per heavy atom. The number of aliphatic hydroxyl groups is 1. The van der Waals surface area contributed by atoms with Crippen LogP contribution < -0.4 is 0 Å². The molecule has 0 aliphatic heterocycles. The first kappa shape index (κ1) is 22.3. The van der Waals surface area contributed by atoms with Crippen molar-refractivity contribution in [3.63, 3.8) is 0 Å². The highest BCUT2D eigenvalue weighted by Crippen LogP contribution is 2.49. The molecule has 0 aromatic heterocycles. The number of hydrogen-bond acceptors (Lipinski definition) is 6. The van der Waals surface area contributed by atoms with Gasteiger partial charge in [-0.15, -0.1) is 0 Å². The molecule has 4 N–H and O–H groups in total. The molecule has 0 heterocycles. The van der Waals surface area contributed by atoms with Gasteiger partial charge in [0, 0.05) is 35.3 Å². The van der Waals surface area contributed by atoms with Crippen LogP contribution in [0.15, 0.2) is 60.7 Å². The zero-order valence-electron chi connectivity index (χ0n) is 19.6. The van der Waals surface area contributed by atoms with E-state index >= 15 is 0 Å². The molecule has 36 heavy (non-hydrogen) atoms. The Hall–Kier alpha value is -4.16. The SMILES string of the molecule is CCC1(O)CC(=O)c2cc3c(O)c(C4c5cccc(O)c5C(=O)c5c(O)cccc54)ccc3cc2C1. The number of aromatic hydroxyl groups is 3. The number of ketones is 2. The summed E-state index contributed by atoms with van der Waals surface area (Å²) in [5.74, 6) is -1.70. The molecule has 0 amide bonds. The van der Waals surface area contributed by atoms with Gasteiger partial charge >= 0.3 is 0 Å². The van der Waals surface area contributed by atoms with Crippen molar-refractivity contribution in [3.05, 3.63) is 99.6 Å². The molecule has 6 nitrogen and oxygen atoms in total. The first-order chi connectivity index (χ1) is 17.2. The van der Waals surface area contributed by atoms with E-state index in [2.05, 4.69) is 0 Å². The van der Waals surface area contributed by atoms with Crippen LogP contribution >= 0.6 is 0 Å². The van der Waals surface area contributed by atoms with Gasteiger partial charge in [-0.1, -0.05) is 49.4 Å². The standard InChI is InChI=1S/C30H24O6/c1-2-30(36)13-16-11-15-9-10-19(28(34)21(15)12-20(16)24(33)14-30)25-17-5-3-7-22(31)26(17)29(35)27-18(25)6-4-8-23(27)32/h3-12,25,31-32,34,36H,2,13-14H2,1H3. The van der Waals surface area contributed by atoms with Gasteiger partial charge < -0.3 is 20.4 Å². The molecule has 4 aromatic rings. The van der Waals surface area contributed by atoms with E-state index < -0.39 is 17.3 Å². The van der Waals surface area contributed by atoms with Crippen molar-refractivity contribution in [1.82, 2.24) is 0 Å². The van der Waals surface area contributed by atoms with Gasteiger partial charge in [-0.05, 0) is 46.7 Å². The zero-order chi connectivity index (χ0) is 25.4. The average Bonchev–Trinajstić information content (AvgIpc) is 2.84. The first-order valence-electron chi connectivity index (χ1n) is 11.9. The Morgan fingerprint density at radius 1 is 0.833 bits per heavy atom. The molecule has 0 fully saturated rings. The lowest BCUT2D eigenvalue weighted by Gasteiger charge is -2.32. The summed E-state index contributed by atoms with van der Waals surface area (Å²) in [4.78, 5) is 26.2. The normalized spacial score (nSPS) is 19.2. The number of hydrogen-bond donors (Lipinski definition) is 4. The van der Waals surface area contributed by atoms with Gasteiger partial charge in [-0.3, -0.25) is 9.59 Å². The average molecular weight is 481 g/mol. The predicted octanol–water partition coefficient (Wildman–Crippen LogP) is 4.95. The maximum absolute atomic E-state index is 13.3. The number of phenols is 3. The summed E-state index contributed by atoms with van der Waals surface area (Å²) in [6.45, 7) is 1.86. The molecule has 0 saturated carbocycles. The van der Waals surface area contributed by atoms with Crippen molar-refractivity contribution in [2.75, 3.05) is 0 Å². The number of Topliss-reactive ketones (excluding diaryl/α,β-unsaturated/α-hetero) is 1. The second kappa shape index (κ2) is 7.67. The number of carbonyl (C=O) groups is 2. The Bertz CT molecular complexity index is 1560. The number of benzene rings is 4. The van der Waals surface area contributed by atoms with Crippen LogP contribution in [-0.2, 0) is 6.42 Å². The third kappa shape index (κ3) is 3.08. The summed E-state index contributed by atoms with van der Waals surface area (Å²) in [7, 11) is 0. The highest BCUT2D eigenvalue weighted by atomic mass is 16.3. The highest BCUT2D eigenvalue weighted by Gasteiger charge is 2.38. The topological polar surface area (TPSA) is 115 Å². The van der Waals surface area contributed by atoms with Crippen LogP contribution in [-0.4, -0.2) is 37.6 Å². The van der Waals surface area contributed by atoms with E-state index in [0.717, 1.165) is 10.9 Å². The Morgan fingerprint density at radius 2 is 1.47 bits per heavy atom. The van der Waals surface area contributed by atoms with E-state index in [4.69, 9.17) is 0 Å². The largest absolute Gasteiger partial charge is 0.507 e. The lowest BCUT2D eigenvalue weighted by molar-refractivity contribution is 0.0234. The number of fused-ring (bicyclic) bond motifs is 4. The fraction of sp³-hybridized carbons (Fsp3) is 0.200. The van der Waals surface area contributed by atoms with Crippen LogP contribution in [0.2, 0.25) is 0 Å². The van der Waals surface area contributed by atoms with Gasteiger partial charge in [0.25, 0.3) is 0 Å².